The van der Waals surface area contributed by atoms with Gasteiger partial charge in [0.25, 0.3) is 0 Å². The predicted octanol–water partition coefficient (Wildman–Crippen LogP) is 2.21. The Morgan fingerprint density at radius 2 is 1.89 bits per heavy atom. The van der Waals surface area contributed by atoms with Crippen molar-refractivity contribution in [3.8, 4) is 0 Å². The minimum absolute atomic E-state index is 0.370. The third-order valence-corrected chi connectivity index (χ3v) is 3.16. The molecule has 2 N–H and O–H groups in total. The van der Waals surface area contributed by atoms with Gasteiger partial charge >= 0.3 is 5.97 Å². The number of carboxylic acids is 1. The maximum atomic E-state index is 12.1. The van der Waals surface area contributed by atoms with Crippen molar-refractivity contribution in [2.75, 3.05) is 0 Å². The third-order valence-electron chi connectivity index (χ3n) is 2.83. The van der Waals surface area contributed by atoms with Gasteiger partial charge in [-0.2, -0.15) is 0 Å². The minimum atomic E-state index is -1.07. The summed E-state index contributed by atoms with van der Waals surface area (Å²) < 4.78 is 0. The molecule has 0 spiro atoms. The second-order valence-corrected chi connectivity index (χ2v) is 5.05. The lowest BCUT2D eigenvalue weighted by atomic mass is 9.83. The fourth-order valence-electron chi connectivity index (χ4n) is 1.53. The Balaban J connectivity index is 2.97. The molecule has 0 heterocycles. The molecule has 0 aliphatic rings. The van der Waals surface area contributed by atoms with E-state index in [1.54, 1.807) is 38.1 Å². The van der Waals surface area contributed by atoms with E-state index >= 15 is 0 Å². The molecular weight excluding hydrogens is 254 g/mol. The van der Waals surface area contributed by atoms with E-state index in [-0.39, 0.29) is 5.91 Å². The van der Waals surface area contributed by atoms with Gasteiger partial charge in [-0.15, -0.1) is 0 Å². The number of nitrogens with one attached hydrogen (secondary N) is 1. The zero-order chi connectivity index (χ0) is 13.9. The van der Waals surface area contributed by atoms with Crippen LogP contribution in [0, 0.1) is 0 Å². The number of hydrogen-bond donors (Lipinski definition) is 2. The molecule has 0 saturated carbocycles. The zero-order valence-corrected chi connectivity index (χ0v) is 11.3. The largest absolute Gasteiger partial charge is 0.480 e. The predicted molar refractivity (Wildman–Crippen MR) is 69.7 cm³/mol. The quantitative estimate of drug-likeness (QED) is 0.881. The number of carboxylic acid groups (broad SMARTS) is 1. The van der Waals surface area contributed by atoms with Crippen LogP contribution in [0.5, 0.6) is 0 Å². The molecule has 18 heavy (non-hydrogen) atoms. The maximum Gasteiger partial charge on any atom is 0.325 e. The molecule has 1 atom stereocenters. The molecule has 0 unspecified atom stereocenters. The van der Waals surface area contributed by atoms with E-state index in [1.807, 2.05) is 0 Å². The van der Waals surface area contributed by atoms with Crippen LogP contribution in [0.1, 0.15) is 26.3 Å². The minimum Gasteiger partial charge on any atom is -0.480 e. The summed E-state index contributed by atoms with van der Waals surface area (Å²) >= 11 is 6.06. The Hall–Kier alpha value is -1.55. The second kappa shape index (κ2) is 5.40. The maximum absolute atomic E-state index is 12.1. The van der Waals surface area contributed by atoms with Gasteiger partial charge < -0.3 is 10.4 Å². The molecule has 0 bridgehead atoms. The van der Waals surface area contributed by atoms with E-state index < -0.39 is 17.4 Å². The number of hydrogen-bond acceptors (Lipinski definition) is 2. The third kappa shape index (κ3) is 3.01. The summed E-state index contributed by atoms with van der Waals surface area (Å²) in [6, 6.07) is 6.09. The average Bonchev–Trinajstić information content (AvgIpc) is 2.28. The van der Waals surface area contributed by atoms with Crippen LogP contribution in [-0.2, 0) is 15.0 Å². The topological polar surface area (TPSA) is 66.4 Å². The average molecular weight is 270 g/mol. The van der Waals surface area contributed by atoms with E-state index in [1.165, 1.54) is 6.92 Å². The Kier molecular flexibility index (Phi) is 4.35. The standard InChI is InChI=1S/C13H16ClNO3/c1-8(11(16)17)15-12(18)13(2,3)9-6-4-5-7-10(9)14/h4-8H,1-3H3,(H,15,18)(H,16,17)/t8-/m0/s1. The first-order valence-corrected chi connectivity index (χ1v) is 5.93. The lowest BCUT2D eigenvalue weighted by Gasteiger charge is -2.26. The molecule has 1 amide bonds. The molecule has 1 aromatic rings. The number of carbonyl (C=O) groups is 2. The Morgan fingerprint density at radius 1 is 1.33 bits per heavy atom. The first-order chi connectivity index (χ1) is 8.26. The van der Waals surface area contributed by atoms with Crippen LogP contribution in [0.2, 0.25) is 5.02 Å². The van der Waals surface area contributed by atoms with E-state index in [0.717, 1.165) is 0 Å². The summed E-state index contributed by atoms with van der Waals surface area (Å²) in [4.78, 5) is 22.8. The number of carbonyl (C=O) groups excluding carboxylic acids is 1. The first kappa shape index (κ1) is 14.5. The highest BCUT2D eigenvalue weighted by Crippen LogP contribution is 2.29. The molecule has 5 heteroatoms. The van der Waals surface area contributed by atoms with Crippen LogP contribution in [0.25, 0.3) is 0 Å². The van der Waals surface area contributed by atoms with Gasteiger partial charge in [-0.3, -0.25) is 9.59 Å². The smallest absolute Gasteiger partial charge is 0.325 e. The van der Waals surface area contributed by atoms with Crippen molar-refractivity contribution in [3.63, 3.8) is 0 Å². The molecule has 0 radical (unpaired) electrons. The van der Waals surface area contributed by atoms with Crippen molar-refractivity contribution in [3.05, 3.63) is 34.9 Å². The SMILES string of the molecule is C[C@H](NC(=O)C(C)(C)c1ccccc1Cl)C(=O)O. The van der Waals surface area contributed by atoms with Crippen molar-refractivity contribution < 1.29 is 14.7 Å². The molecule has 0 aliphatic carbocycles. The second-order valence-electron chi connectivity index (χ2n) is 4.64. The normalized spacial score (nSPS) is 12.9. The fraction of sp³-hybridized carbons (Fsp3) is 0.385. The van der Waals surface area contributed by atoms with Crippen molar-refractivity contribution in [2.45, 2.75) is 32.2 Å². The van der Waals surface area contributed by atoms with E-state index in [0.29, 0.717) is 10.6 Å². The molecule has 0 aromatic heterocycles. The summed E-state index contributed by atoms with van der Waals surface area (Å²) in [5.41, 5.74) is -0.219. The Labute approximate surface area is 111 Å². The lowest BCUT2D eigenvalue weighted by Crippen LogP contribution is -2.47. The lowest BCUT2D eigenvalue weighted by molar-refractivity contribution is -0.142. The number of rotatable bonds is 4. The summed E-state index contributed by atoms with van der Waals surface area (Å²) in [6.45, 7) is 4.83. The molecular formula is C13H16ClNO3. The van der Waals surface area contributed by atoms with Crippen LogP contribution in [0.4, 0.5) is 0 Å². The van der Waals surface area contributed by atoms with Gasteiger partial charge in [-0.25, -0.2) is 0 Å². The first-order valence-electron chi connectivity index (χ1n) is 5.55. The summed E-state index contributed by atoms with van der Waals surface area (Å²) in [5, 5.41) is 11.7. The van der Waals surface area contributed by atoms with Gasteiger partial charge in [0, 0.05) is 5.02 Å². The van der Waals surface area contributed by atoms with E-state index in [4.69, 9.17) is 16.7 Å². The monoisotopic (exact) mass is 269 g/mol. The molecule has 0 fully saturated rings. The van der Waals surface area contributed by atoms with Gasteiger partial charge in [-0.1, -0.05) is 29.8 Å². The number of benzene rings is 1. The van der Waals surface area contributed by atoms with Crippen molar-refractivity contribution in [1.29, 1.82) is 0 Å². The van der Waals surface area contributed by atoms with Crippen LogP contribution >= 0.6 is 11.6 Å². The number of aliphatic carboxylic acids is 1. The van der Waals surface area contributed by atoms with E-state index in [2.05, 4.69) is 5.32 Å². The molecule has 1 rings (SSSR count). The summed E-state index contributed by atoms with van der Waals surface area (Å²) in [5.74, 6) is -1.44. The van der Waals surface area contributed by atoms with Crippen LogP contribution < -0.4 is 5.32 Å². The fourth-order valence-corrected chi connectivity index (χ4v) is 1.90. The van der Waals surface area contributed by atoms with Gasteiger partial charge in [-0.05, 0) is 32.4 Å². The van der Waals surface area contributed by atoms with Crippen LogP contribution in [0.15, 0.2) is 24.3 Å². The van der Waals surface area contributed by atoms with Crippen LogP contribution in [-0.4, -0.2) is 23.0 Å². The van der Waals surface area contributed by atoms with Crippen LogP contribution in [0.3, 0.4) is 0 Å². The van der Waals surface area contributed by atoms with Gasteiger partial charge in [0.2, 0.25) is 5.91 Å². The Bertz CT molecular complexity index is 471. The molecule has 98 valence electrons. The summed E-state index contributed by atoms with van der Waals surface area (Å²) in [7, 11) is 0. The highest BCUT2D eigenvalue weighted by atomic mass is 35.5. The highest BCUT2D eigenvalue weighted by Gasteiger charge is 2.33. The van der Waals surface area contributed by atoms with Gasteiger partial charge in [0.15, 0.2) is 0 Å². The summed E-state index contributed by atoms with van der Waals surface area (Å²) in [6.07, 6.45) is 0. The molecule has 0 saturated heterocycles. The van der Waals surface area contributed by atoms with E-state index in [9.17, 15) is 9.59 Å². The Morgan fingerprint density at radius 3 is 2.39 bits per heavy atom. The highest BCUT2D eigenvalue weighted by molar-refractivity contribution is 6.31. The van der Waals surface area contributed by atoms with Gasteiger partial charge in [0.05, 0.1) is 5.41 Å². The van der Waals surface area contributed by atoms with Gasteiger partial charge in [0.1, 0.15) is 6.04 Å². The number of halogens is 1. The zero-order valence-electron chi connectivity index (χ0n) is 10.5. The molecule has 0 aliphatic heterocycles. The number of amides is 1. The van der Waals surface area contributed by atoms with Crippen molar-refractivity contribution >= 4 is 23.5 Å². The van der Waals surface area contributed by atoms with Crippen molar-refractivity contribution in [2.24, 2.45) is 0 Å². The molecule has 4 nitrogen and oxygen atoms in total. The van der Waals surface area contributed by atoms with Crippen molar-refractivity contribution in [1.82, 2.24) is 5.32 Å². The molecule has 1 aromatic carbocycles.